The van der Waals surface area contributed by atoms with Crippen LogP contribution in [0.15, 0.2) is 30.3 Å². The molecular formula is C18H30N2O2S. The Bertz CT molecular complexity index is 552. The van der Waals surface area contributed by atoms with Crippen LogP contribution in [0.2, 0.25) is 0 Å². The molecule has 1 heterocycles. The lowest BCUT2D eigenvalue weighted by Crippen LogP contribution is -2.42. The van der Waals surface area contributed by atoms with Crippen LogP contribution in [0, 0.1) is 5.92 Å². The van der Waals surface area contributed by atoms with E-state index >= 15 is 0 Å². The Kier molecular flexibility index (Phi) is 7.06. The summed E-state index contributed by atoms with van der Waals surface area (Å²) in [4.78, 5) is 2.43. The smallest absolute Gasteiger partial charge is 0.211 e. The predicted molar refractivity (Wildman–Crippen MR) is 95.9 cm³/mol. The SMILES string of the molecule is CCCCS(=O)(=O)NCC(c1ccccc1)N1CCC(C)CC1. The highest BCUT2D eigenvalue weighted by Crippen LogP contribution is 2.26. The van der Waals surface area contributed by atoms with Crippen LogP contribution in [0.4, 0.5) is 0 Å². The first kappa shape index (κ1) is 18.4. The van der Waals surface area contributed by atoms with Crippen molar-refractivity contribution in [2.75, 3.05) is 25.4 Å². The van der Waals surface area contributed by atoms with Crippen molar-refractivity contribution in [1.82, 2.24) is 9.62 Å². The molecule has 1 fully saturated rings. The Morgan fingerprint density at radius 3 is 2.48 bits per heavy atom. The fourth-order valence-corrected chi connectivity index (χ4v) is 4.31. The molecule has 1 unspecified atom stereocenters. The van der Waals surface area contributed by atoms with Crippen LogP contribution < -0.4 is 4.72 Å². The normalized spacial score (nSPS) is 18.9. The molecule has 0 aromatic heterocycles. The molecule has 23 heavy (non-hydrogen) atoms. The van der Waals surface area contributed by atoms with E-state index in [1.54, 1.807) is 0 Å². The van der Waals surface area contributed by atoms with Gasteiger partial charge >= 0.3 is 0 Å². The van der Waals surface area contributed by atoms with E-state index in [9.17, 15) is 8.42 Å². The topological polar surface area (TPSA) is 49.4 Å². The third kappa shape index (κ3) is 5.90. The van der Waals surface area contributed by atoms with E-state index in [1.165, 1.54) is 18.4 Å². The maximum absolute atomic E-state index is 12.1. The summed E-state index contributed by atoms with van der Waals surface area (Å²) in [6, 6.07) is 10.4. The minimum Gasteiger partial charge on any atom is -0.295 e. The third-order valence-corrected chi connectivity index (χ3v) is 6.14. The Balaban J connectivity index is 2.05. The van der Waals surface area contributed by atoms with Gasteiger partial charge in [-0.25, -0.2) is 13.1 Å². The number of likely N-dealkylation sites (tertiary alicyclic amines) is 1. The van der Waals surface area contributed by atoms with Crippen molar-refractivity contribution >= 4 is 10.0 Å². The molecule has 2 rings (SSSR count). The second-order valence-electron chi connectivity index (χ2n) is 6.67. The molecule has 1 aliphatic rings. The van der Waals surface area contributed by atoms with Crippen LogP contribution >= 0.6 is 0 Å². The Morgan fingerprint density at radius 2 is 1.87 bits per heavy atom. The fourth-order valence-electron chi connectivity index (χ4n) is 3.09. The van der Waals surface area contributed by atoms with Gasteiger partial charge in [0.2, 0.25) is 10.0 Å². The largest absolute Gasteiger partial charge is 0.295 e. The van der Waals surface area contributed by atoms with E-state index in [0.29, 0.717) is 13.0 Å². The van der Waals surface area contributed by atoms with E-state index in [2.05, 4.69) is 28.7 Å². The highest BCUT2D eigenvalue weighted by atomic mass is 32.2. The number of rotatable bonds is 8. The standard InChI is InChI=1S/C18H30N2O2S/c1-3-4-14-23(21,22)19-15-18(17-8-6-5-7-9-17)20-12-10-16(2)11-13-20/h5-9,16,18-19H,3-4,10-15H2,1-2H3. The van der Waals surface area contributed by atoms with Gasteiger partial charge in [-0.1, -0.05) is 50.6 Å². The molecule has 0 saturated carbocycles. The summed E-state index contributed by atoms with van der Waals surface area (Å²) in [7, 11) is -3.17. The second kappa shape index (κ2) is 8.81. The van der Waals surface area contributed by atoms with Crippen LogP contribution in [0.1, 0.15) is 51.1 Å². The first-order valence-electron chi connectivity index (χ1n) is 8.78. The average Bonchev–Trinajstić information content (AvgIpc) is 2.56. The molecule has 1 atom stereocenters. The van der Waals surface area contributed by atoms with E-state index in [1.807, 2.05) is 25.1 Å². The molecule has 0 spiro atoms. The first-order valence-corrected chi connectivity index (χ1v) is 10.4. The highest BCUT2D eigenvalue weighted by Gasteiger charge is 2.25. The van der Waals surface area contributed by atoms with Gasteiger partial charge in [-0.2, -0.15) is 0 Å². The van der Waals surface area contributed by atoms with Gasteiger partial charge in [-0.3, -0.25) is 4.90 Å². The van der Waals surface area contributed by atoms with E-state index in [-0.39, 0.29) is 11.8 Å². The molecular weight excluding hydrogens is 308 g/mol. The summed E-state index contributed by atoms with van der Waals surface area (Å²) in [5.74, 6) is 0.992. The van der Waals surface area contributed by atoms with E-state index in [0.717, 1.165) is 25.4 Å². The number of piperidine rings is 1. The van der Waals surface area contributed by atoms with Crippen LogP contribution in [0.5, 0.6) is 0 Å². The van der Waals surface area contributed by atoms with Crippen LogP contribution in [0.3, 0.4) is 0 Å². The van der Waals surface area contributed by atoms with Gasteiger partial charge in [0.1, 0.15) is 0 Å². The molecule has 1 saturated heterocycles. The lowest BCUT2D eigenvalue weighted by Gasteiger charge is -2.37. The zero-order valence-electron chi connectivity index (χ0n) is 14.4. The summed E-state index contributed by atoms with van der Waals surface area (Å²) in [5.41, 5.74) is 1.19. The maximum Gasteiger partial charge on any atom is 0.211 e. The Hall–Kier alpha value is -0.910. The van der Waals surface area contributed by atoms with Crippen molar-refractivity contribution in [3.05, 3.63) is 35.9 Å². The number of nitrogens with zero attached hydrogens (tertiary/aromatic N) is 1. The fraction of sp³-hybridized carbons (Fsp3) is 0.667. The molecule has 0 bridgehead atoms. The molecule has 0 radical (unpaired) electrons. The summed E-state index contributed by atoms with van der Waals surface area (Å²) < 4.78 is 27.1. The van der Waals surface area contributed by atoms with Gasteiger partial charge in [0.05, 0.1) is 5.75 Å². The van der Waals surface area contributed by atoms with E-state index < -0.39 is 10.0 Å². The highest BCUT2D eigenvalue weighted by molar-refractivity contribution is 7.89. The van der Waals surface area contributed by atoms with Gasteiger partial charge in [0.25, 0.3) is 0 Å². The molecule has 1 aliphatic heterocycles. The molecule has 1 aromatic carbocycles. The van der Waals surface area contributed by atoms with Crippen molar-refractivity contribution in [2.24, 2.45) is 5.92 Å². The van der Waals surface area contributed by atoms with Crippen molar-refractivity contribution in [3.8, 4) is 0 Å². The van der Waals surface area contributed by atoms with Gasteiger partial charge in [-0.05, 0) is 43.8 Å². The molecule has 1 aromatic rings. The zero-order valence-corrected chi connectivity index (χ0v) is 15.2. The average molecular weight is 339 g/mol. The minimum absolute atomic E-state index is 0.125. The van der Waals surface area contributed by atoms with E-state index in [4.69, 9.17) is 0 Å². The number of hydrogen-bond donors (Lipinski definition) is 1. The zero-order chi connectivity index (χ0) is 16.7. The van der Waals surface area contributed by atoms with Gasteiger partial charge in [0, 0.05) is 12.6 Å². The van der Waals surface area contributed by atoms with Crippen LogP contribution in [0.25, 0.3) is 0 Å². The summed E-state index contributed by atoms with van der Waals surface area (Å²) in [6.07, 6.45) is 3.98. The summed E-state index contributed by atoms with van der Waals surface area (Å²) in [6.45, 7) is 6.85. The lowest BCUT2D eigenvalue weighted by molar-refractivity contribution is 0.139. The lowest BCUT2D eigenvalue weighted by atomic mass is 9.96. The van der Waals surface area contributed by atoms with Crippen molar-refractivity contribution in [1.29, 1.82) is 0 Å². The summed E-state index contributed by atoms with van der Waals surface area (Å²) >= 11 is 0. The van der Waals surface area contributed by atoms with Gasteiger partial charge < -0.3 is 0 Å². The van der Waals surface area contributed by atoms with Crippen molar-refractivity contribution < 1.29 is 8.42 Å². The molecule has 5 heteroatoms. The van der Waals surface area contributed by atoms with Gasteiger partial charge in [-0.15, -0.1) is 0 Å². The monoisotopic (exact) mass is 338 g/mol. The maximum atomic E-state index is 12.1. The number of hydrogen-bond acceptors (Lipinski definition) is 3. The van der Waals surface area contributed by atoms with Gasteiger partial charge in [0.15, 0.2) is 0 Å². The summed E-state index contributed by atoms with van der Waals surface area (Å²) in [5, 5.41) is 0. The third-order valence-electron chi connectivity index (χ3n) is 4.71. The second-order valence-corrected chi connectivity index (χ2v) is 8.59. The quantitative estimate of drug-likeness (QED) is 0.792. The Morgan fingerprint density at radius 1 is 1.22 bits per heavy atom. The minimum atomic E-state index is -3.17. The van der Waals surface area contributed by atoms with Crippen molar-refractivity contribution in [2.45, 2.75) is 45.6 Å². The molecule has 0 amide bonds. The predicted octanol–water partition coefficient (Wildman–Crippen LogP) is 3.18. The Labute approximate surface area is 141 Å². The number of nitrogens with one attached hydrogen (secondary N) is 1. The number of sulfonamides is 1. The first-order chi connectivity index (χ1) is 11.0. The number of benzene rings is 1. The molecule has 4 nitrogen and oxygen atoms in total. The molecule has 0 aliphatic carbocycles. The van der Waals surface area contributed by atoms with Crippen LogP contribution in [-0.2, 0) is 10.0 Å². The molecule has 1 N–H and O–H groups in total. The molecule has 130 valence electrons. The number of unbranched alkanes of at least 4 members (excludes halogenated alkanes) is 1. The van der Waals surface area contributed by atoms with Crippen LogP contribution in [-0.4, -0.2) is 38.7 Å². The van der Waals surface area contributed by atoms with Crippen molar-refractivity contribution in [3.63, 3.8) is 0 Å².